The minimum atomic E-state index is 0.00592. The van der Waals surface area contributed by atoms with Crippen molar-refractivity contribution in [2.45, 2.75) is 65.5 Å². The molecule has 0 saturated carbocycles. The Balaban J connectivity index is 1.70. The third kappa shape index (κ3) is 3.75. The van der Waals surface area contributed by atoms with Crippen LogP contribution in [0.1, 0.15) is 68.5 Å². The Bertz CT molecular complexity index is 687. The maximum atomic E-state index is 4.79. The van der Waals surface area contributed by atoms with Crippen molar-refractivity contribution >= 4 is 11.5 Å². The van der Waals surface area contributed by atoms with E-state index < -0.39 is 0 Å². The molecule has 0 radical (unpaired) electrons. The first-order chi connectivity index (χ1) is 10.8. The van der Waals surface area contributed by atoms with Crippen LogP contribution in [0, 0.1) is 0 Å². The second-order valence-electron chi connectivity index (χ2n) is 7.58. The molecule has 0 aliphatic carbocycles. The molecule has 0 atom stereocenters. The average molecular weight is 331 g/mol. The van der Waals surface area contributed by atoms with Gasteiger partial charge in [0.1, 0.15) is 16.7 Å². The molecule has 2 aromatic rings. The van der Waals surface area contributed by atoms with Gasteiger partial charge in [-0.2, -0.15) is 4.37 Å². The van der Waals surface area contributed by atoms with Crippen LogP contribution in [0.3, 0.4) is 0 Å². The van der Waals surface area contributed by atoms with E-state index in [1.165, 1.54) is 22.8 Å². The fraction of sp³-hybridized carbons (Fsp3) is 0.647. The van der Waals surface area contributed by atoms with E-state index in [2.05, 4.69) is 53.9 Å². The summed E-state index contributed by atoms with van der Waals surface area (Å²) in [5.41, 5.74) is 2.46. The van der Waals surface area contributed by atoms with Gasteiger partial charge in [-0.25, -0.2) is 15.0 Å². The van der Waals surface area contributed by atoms with Gasteiger partial charge in [0.05, 0.1) is 6.54 Å². The third-order valence-electron chi connectivity index (χ3n) is 4.04. The molecule has 23 heavy (non-hydrogen) atoms. The van der Waals surface area contributed by atoms with Crippen LogP contribution in [0.25, 0.3) is 0 Å². The van der Waals surface area contributed by atoms with Gasteiger partial charge in [-0.05, 0) is 11.5 Å². The number of hydrogen-bond donors (Lipinski definition) is 0. The maximum Gasteiger partial charge on any atom is 0.145 e. The smallest absolute Gasteiger partial charge is 0.145 e. The van der Waals surface area contributed by atoms with Crippen LogP contribution in [0.15, 0.2) is 6.20 Å². The van der Waals surface area contributed by atoms with Crippen molar-refractivity contribution in [3.05, 3.63) is 34.1 Å². The zero-order chi connectivity index (χ0) is 16.6. The summed E-state index contributed by atoms with van der Waals surface area (Å²) in [5, 5.41) is 1.10. The number of nitrogens with zero attached hydrogens (tertiary/aromatic N) is 5. The van der Waals surface area contributed by atoms with E-state index in [-0.39, 0.29) is 5.41 Å². The zero-order valence-electron chi connectivity index (χ0n) is 14.6. The predicted octanol–water partition coefficient (Wildman–Crippen LogP) is 3.31. The molecule has 0 saturated heterocycles. The van der Waals surface area contributed by atoms with E-state index in [0.29, 0.717) is 5.92 Å². The fourth-order valence-corrected chi connectivity index (χ4v) is 3.45. The number of hydrogen-bond acceptors (Lipinski definition) is 6. The number of rotatable bonds is 3. The molecule has 0 aromatic carbocycles. The third-order valence-corrected chi connectivity index (χ3v) is 4.75. The standard InChI is InChI=1S/C17H25N5S/c1-11(2)15-20-14(23-21-15)10-22-7-6-13-12(9-22)8-18-16(19-13)17(3,4)5/h8,11H,6-7,9-10H2,1-5H3. The van der Waals surface area contributed by atoms with Crippen LogP contribution in [0.4, 0.5) is 0 Å². The number of aromatic nitrogens is 4. The van der Waals surface area contributed by atoms with Gasteiger partial charge in [0.15, 0.2) is 0 Å². The first kappa shape index (κ1) is 16.5. The fourth-order valence-electron chi connectivity index (χ4n) is 2.63. The lowest BCUT2D eigenvalue weighted by Gasteiger charge is -2.28. The molecule has 0 unspecified atom stereocenters. The lowest BCUT2D eigenvalue weighted by molar-refractivity contribution is 0.241. The van der Waals surface area contributed by atoms with Gasteiger partial charge in [-0.15, -0.1) is 0 Å². The van der Waals surface area contributed by atoms with Crippen LogP contribution < -0.4 is 0 Å². The summed E-state index contributed by atoms with van der Waals surface area (Å²) in [6.07, 6.45) is 2.99. The monoisotopic (exact) mass is 331 g/mol. The van der Waals surface area contributed by atoms with Crippen LogP contribution in [0.2, 0.25) is 0 Å². The molecule has 0 bridgehead atoms. The Labute approximate surface area is 142 Å². The Morgan fingerprint density at radius 3 is 2.70 bits per heavy atom. The van der Waals surface area contributed by atoms with E-state index in [1.807, 2.05) is 6.20 Å². The van der Waals surface area contributed by atoms with Crippen molar-refractivity contribution in [2.24, 2.45) is 0 Å². The highest BCUT2D eigenvalue weighted by atomic mass is 32.1. The minimum absolute atomic E-state index is 0.00592. The second-order valence-corrected chi connectivity index (χ2v) is 8.41. The molecule has 1 aliphatic heterocycles. The Hall–Kier alpha value is -1.40. The molecule has 2 aromatic heterocycles. The summed E-state index contributed by atoms with van der Waals surface area (Å²) in [4.78, 5) is 16.4. The zero-order valence-corrected chi connectivity index (χ0v) is 15.4. The first-order valence-electron chi connectivity index (χ1n) is 8.23. The highest BCUT2D eigenvalue weighted by Crippen LogP contribution is 2.24. The topological polar surface area (TPSA) is 54.8 Å². The molecule has 0 amide bonds. The Morgan fingerprint density at radius 1 is 1.26 bits per heavy atom. The lowest BCUT2D eigenvalue weighted by Crippen LogP contribution is -2.31. The maximum absolute atomic E-state index is 4.79. The van der Waals surface area contributed by atoms with Crippen LogP contribution >= 0.6 is 11.5 Å². The lowest BCUT2D eigenvalue weighted by atomic mass is 9.95. The first-order valence-corrected chi connectivity index (χ1v) is 9.00. The quantitative estimate of drug-likeness (QED) is 0.863. The van der Waals surface area contributed by atoms with Crippen molar-refractivity contribution in [1.82, 2.24) is 24.2 Å². The van der Waals surface area contributed by atoms with Crippen LogP contribution in [-0.4, -0.2) is 30.8 Å². The Kier molecular flexibility index (Phi) is 4.47. The van der Waals surface area contributed by atoms with Crippen molar-refractivity contribution in [2.75, 3.05) is 6.54 Å². The van der Waals surface area contributed by atoms with E-state index in [1.54, 1.807) is 0 Å². The summed E-state index contributed by atoms with van der Waals surface area (Å²) in [7, 11) is 0. The number of fused-ring (bicyclic) bond motifs is 1. The molecule has 1 aliphatic rings. The molecular formula is C17H25N5S. The SMILES string of the molecule is CC(C)c1nsc(CN2CCc3nc(C(C)(C)C)ncc3C2)n1. The van der Waals surface area contributed by atoms with Crippen LogP contribution in [-0.2, 0) is 24.9 Å². The molecule has 6 heteroatoms. The molecule has 0 spiro atoms. The molecular weight excluding hydrogens is 306 g/mol. The second kappa shape index (κ2) is 6.24. The molecule has 0 N–H and O–H groups in total. The summed E-state index contributed by atoms with van der Waals surface area (Å²) in [5.74, 6) is 2.29. The van der Waals surface area contributed by atoms with E-state index in [9.17, 15) is 0 Å². The van der Waals surface area contributed by atoms with Crippen molar-refractivity contribution < 1.29 is 0 Å². The van der Waals surface area contributed by atoms with Gasteiger partial charge in [-0.3, -0.25) is 4.90 Å². The highest BCUT2D eigenvalue weighted by molar-refractivity contribution is 7.05. The van der Waals surface area contributed by atoms with Gasteiger partial charge >= 0.3 is 0 Å². The molecule has 124 valence electrons. The summed E-state index contributed by atoms with van der Waals surface area (Å²) in [6.45, 7) is 13.5. The van der Waals surface area contributed by atoms with Crippen molar-refractivity contribution in [1.29, 1.82) is 0 Å². The summed E-state index contributed by atoms with van der Waals surface area (Å²) < 4.78 is 4.44. The molecule has 3 rings (SSSR count). The molecule has 5 nitrogen and oxygen atoms in total. The molecule has 0 fully saturated rings. The van der Waals surface area contributed by atoms with Crippen LogP contribution in [0.5, 0.6) is 0 Å². The van der Waals surface area contributed by atoms with Crippen molar-refractivity contribution in [3.8, 4) is 0 Å². The average Bonchev–Trinajstić information content (AvgIpc) is 2.94. The van der Waals surface area contributed by atoms with Gasteiger partial charge in [0, 0.05) is 48.3 Å². The van der Waals surface area contributed by atoms with E-state index in [4.69, 9.17) is 4.98 Å². The summed E-state index contributed by atoms with van der Waals surface area (Å²) in [6, 6.07) is 0. The predicted molar refractivity (Wildman–Crippen MR) is 92.5 cm³/mol. The van der Waals surface area contributed by atoms with E-state index >= 15 is 0 Å². The van der Waals surface area contributed by atoms with Crippen molar-refractivity contribution in [3.63, 3.8) is 0 Å². The van der Waals surface area contributed by atoms with Gasteiger partial charge in [-0.1, -0.05) is 34.6 Å². The highest BCUT2D eigenvalue weighted by Gasteiger charge is 2.23. The Morgan fingerprint density at radius 2 is 2.04 bits per heavy atom. The van der Waals surface area contributed by atoms with E-state index in [0.717, 1.165) is 42.7 Å². The normalized spacial score (nSPS) is 15.9. The summed E-state index contributed by atoms with van der Waals surface area (Å²) >= 11 is 1.52. The van der Waals surface area contributed by atoms with Gasteiger partial charge < -0.3 is 0 Å². The largest absolute Gasteiger partial charge is 0.292 e. The van der Waals surface area contributed by atoms with Gasteiger partial charge in [0.2, 0.25) is 0 Å². The molecule has 3 heterocycles. The minimum Gasteiger partial charge on any atom is -0.292 e. The van der Waals surface area contributed by atoms with Gasteiger partial charge in [0.25, 0.3) is 0 Å².